The lowest BCUT2D eigenvalue weighted by molar-refractivity contribution is 0.278. The van der Waals surface area contributed by atoms with Crippen molar-refractivity contribution in [2.24, 2.45) is 21.1 Å². The highest BCUT2D eigenvalue weighted by Gasteiger charge is 2.16. The number of rotatable bonds is 12. The standard InChI is InChI=1S/C32H44N4OS/c1-9-12-14-24-17-18-28(34-11-3)27(19-24)31(22(4)10-2)38-26-16-13-15-25(20-26)35-23(5)36-30(33)21-29(37)32(6,7)8/h11,13,15-21,35,37H,5,9-10,12,14H2,1-4,6-8H3,(H2,33,36)/b29-21-,31-22-,34-11?. The largest absolute Gasteiger partial charge is 0.512 e. The molecule has 5 nitrogen and oxygen atoms in total. The molecule has 2 aromatic carbocycles. The second-order valence-electron chi connectivity index (χ2n) is 10.3. The van der Waals surface area contributed by atoms with Crippen molar-refractivity contribution in [1.82, 2.24) is 0 Å². The number of aliphatic imine (C=N–C) groups is 2. The molecule has 0 radical (unpaired) electrons. The van der Waals surface area contributed by atoms with Crippen LogP contribution >= 0.6 is 11.8 Å². The van der Waals surface area contributed by atoms with E-state index in [4.69, 9.17) is 5.73 Å². The maximum atomic E-state index is 10.2. The van der Waals surface area contributed by atoms with Crippen LogP contribution in [0.5, 0.6) is 0 Å². The summed E-state index contributed by atoms with van der Waals surface area (Å²) in [6, 6.07) is 14.8. The first-order valence-corrected chi connectivity index (χ1v) is 14.1. The summed E-state index contributed by atoms with van der Waals surface area (Å²) in [4.78, 5) is 11.3. The van der Waals surface area contributed by atoms with Gasteiger partial charge in [0, 0.05) is 38.8 Å². The van der Waals surface area contributed by atoms with Gasteiger partial charge < -0.3 is 16.2 Å². The number of amidine groups is 1. The molecule has 38 heavy (non-hydrogen) atoms. The summed E-state index contributed by atoms with van der Waals surface area (Å²) in [6.07, 6.45) is 7.68. The molecule has 0 unspecified atom stereocenters. The summed E-state index contributed by atoms with van der Waals surface area (Å²) in [6.45, 7) is 18.3. The lowest BCUT2D eigenvalue weighted by atomic mass is 9.93. The lowest BCUT2D eigenvalue weighted by Crippen LogP contribution is -2.16. The fourth-order valence-corrected chi connectivity index (χ4v) is 4.74. The van der Waals surface area contributed by atoms with Crippen molar-refractivity contribution in [2.75, 3.05) is 5.32 Å². The normalized spacial score (nSPS) is 13.6. The van der Waals surface area contributed by atoms with Crippen molar-refractivity contribution in [1.29, 1.82) is 0 Å². The van der Waals surface area contributed by atoms with Gasteiger partial charge in [0.1, 0.15) is 17.4 Å². The molecule has 204 valence electrons. The number of aliphatic hydroxyl groups excluding tert-OH is 1. The predicted molar refractivity (Wildman–Crippen MR) is 169 cm³/mol. The third-order valence-corrected chi connectivity index (χ3v) is 7.23. The Hall–Kier alpha value is -3.25. The molecule has 4 N–H and O–H groups in total. The molecule has 0 aromatic heterocycles. The molecule has 0 amide bonds. The Kier molecular flexibility index (Phi) is 11.9. The van der Waals surface area contributed by atoms with Crippen molar-refractivity contribution in [2.45, 2.75) is 79.0 Å². The van der Waals surface area contributed by atoms with Crippen LogP contribution in [0.15, 0.2) is 87.2 Å². The molecule has 2 rings (SSSR count). The second kappa shape index (κ2) is 14.6. The first-order chi connectivity index (χ1) is 18.0. The fourth-order valence-electron chi connectivity index (χ4n) is 3.58. The van der Waals surface area contributed by atoms with Gasteiger partial charge in [-0.15, -0.1) is 0 Å². The van der Waals surface area contributed by atoms with Gasteiger partial charge in [-0.2, -0.15) is 0 Å². The van der Waals surface area contributed by atoms with E-state index in [1.54, 1.807) is 11.8 Å². The Morgan fingerprint density at radius 3 is 2.53 bits per heavy atom. The molecule has 0 spiro atoms. The van der Waals surface area contributed by atoms with Crippen LogP contribution in [0.1, 0.15) is 78.9 Å². The van der Waals surface area contributed by atoms with Gasteiger partial charge in [0.15, 0.2) is 0 Å². The number of aryl methyl sites for hydroxylation is 1. The second-order valence-corrected chi connectivity index (χ2v) is 11.4. The number of hydrogen-bond acceptors (Lipinski definition) is 5. The van der Waals surface area contributed by atoms with E-state index in [0.29, 0.717) is 5.82 Å². The zero-order chi connectivity index (χ0) is 28.3. The topological polar surface area (TPSA) is 83.0 Å². The van der Waals surface area contributed by atoms with E-state index in [1.807, 2.05) is 46.0 Å². The first-order valence-electron chi connectivity index (χ1n) is 13.3. The smallest absolute Gasteiger partial charge is 0.129 e. The van der Waals surface area contributed by atoms with Crippen LogP contribution in [-0.4, -0.2) is 17.2 Å². The minimum atomic E-state index is -0.403. The van der Waals surface area contributed by atoms with E-state index >= 15 is 0 Å². The van der Waals surface area contributed by atoms with E-state index in [2.05, 4.69) is 73.0 Å². The van der Waals surface area contributed by atoms with Crippen LogP contribution in [-0.2, 0) is 6.42 Å². The molecule has 0 aliphatic carbocycles. The van der Waals surface area contributed by atoms with Crippen LogP contribution in [0.25, 0.3) is 4.91 Å². The fraction of sp³-hybridized carbons (Fsp3) is 0.375. The quantitative estimate of drug-likeness (QED) is 0.110. The summed E-state index contributed by atoms with van der Waals surface area (Å²) in [7, 11) is 0. The Bertz CT molecular complexity index is 1230. The average Bonchev–Trinajstić information content (AvgIpc) is 2.86. The van der Waals surface area contributed by atoms with Gasteiger partial charge >= 0.3 is 0 Å². The number of nitrogens with one attached hydrogen (secondary N) is 1. The van der Waals surface area contributed by atoms with Crippen LogP contribution in [0.2, 0.25) is 0 Å². The highest BCUT2D eigenvalue weighted by Crippen LogP contribution is 2.42. The molecule has 0 atom stereocenters. The van der Waals surface area contributed by atoms with E-state index in [1.165, 1.54) is 40.5 Å². The third kappa shape index (κ3) is 9.56. The molecular formula is C32H44N4OS. The molecule has 0 saturated heterocycles. The van der Waals surface area contributed by atoms with Crippen molar-refractivity contribution in [3.8, 4) is 0 Å². The summed E-state index contributed by atoms with van der Waals surface area (Å²) < 4.78 is 0. The van der Waals surface area contributed by atoms with Gasteiger partial charge in [-0.3, -0.25) is 4.99 Å². The average molecular weight is 533 g/mol. The predicted octanol–water partition coefficient (Wildman–Crippen LogP) is 9.41. The molecular weight excluding hydrogens is 488 g/mol. The van der Waals surface area contributed by atoms with E-state index in [-0.39, 0.29) is 11.6 Å². The highest BCUT2D eigenvalue weighted by molar-refractivity contribution is 8.08. The van der Waals surface area contributed by atoms with Gasteiger partial charge in [-0.05, 0) is 69.0 Å². The van der Waals surface area contributed by atoms with Crippen molar-refractivity contribution in [3.05, 3.63) is 83.4 Å². The van der Waals surface area contributed by atoms with Gasteiger partial charge in [0.05, 0.1) is 5.69 Å². The van der Waals surface area contributed by atoms with Crippen molar-refractivity contribution < 1.29 is 5.11 Å². The molecule has 0 bridgehead atoms. The Morgan fingerprint density at radius 2 is 1.89 bits per heavy atom. The minimum Gasteiger partial charge on any atom is -0.512 e. The highest BCUT2D eigenvalue weighted by atomic mass is 32.2. The number of aliphatic hydroxyl groups is 1. The monoisotopic (exact) mass is 532 g/mol. The molecule has 6 heteroatoms. The van der Waals surface area contributed by atoms with E-state index in [9.17, 15) is 5.11 Å². The zero-order valence-corrected chi connectivity index (χ0v) is 24.9. The van der Waals surface area contributed by atoms with Crippen molar-refractivity contribution in [3.63, 3.8) is 0 Å². The van der Waals surface area contributed by atoms with Gasteiger partial charge in [-0.25, -0.2) is 4.99 Å². The number of hydrogen-bond donors (Lipinski definition) is 3. The zero-order valence-electron chi connectivity index (χ0n) is 24.1. The summed E-state index contributed by atoms with van der Waals surface area (Å²) in [5.41, 5.74) is 11.3. The van der Waals surface area contributed by atoms with Crippen LogP contribution in [0, 0.1) is 5.41 Å². The number of allylic oxidation sites excluding steroid dienone is 2. The summed E-state index contributed by atoms with van der Waals surface area (Å²) in [5, 5.41) is 13.4. The molecule has 2 aromatic rings. The summed E-state index contributed by atoms with van der Waals surface area (Å²) in [5.74, 6) is 0.753. The van der Waals surface area contributed by atoms with Crippen LogP contribution < -0.4 is 11.1 Å². The van der Waals surface area contributed by atoms with E-state index in [0.717, 1.165) is 29.1 Å². The molecule has 0 aliphatic rings. The molecule has 0 heterocycles. The maximum Gasteiger partial charge on any atom is 0.129 e. The Balaban J connectivity index is 2.35. The van der Waals surface area contributed by atoms with Crippen LogP contribution in [0.4, 0.5) is 11.4 Å². The van der Waals surface area contributed by atoms with Gasteiger partial charge in [-0.1, -0.05) is 77.1 Å². The molecule has 0 aliphatic heterocycles. The molecule has 0 fully saturated rings. The first kappa shape index (κ1) is 31.0. The number of unbranched alkanes of at least 4 members (excludes halogenated alkanes) is 1. The number of thioether (sulfide) groups is 1. The maximum absolute atomic E-state index is 10.2. The molecule has 0 saturated carbocycles. The SMILES string of the molecule is C=C(/N=C(N)\C=C(/O)C(C)(C)C)Nc1cccc(S/C(=C(/C)CC)c2cc(CCCC)ccc2N=CC)c1. The summed E-state index contributed by atoms with van der Waals surface area (Å²) >= 11 is 1.75. The van der Waals surface area contributed by atoms with Gasteiger partial charge in [0.25, 0.3) is 0 Å². The Morgan fingerprint density at radius 1 is 1.16 bits per heavy atom. The van der Waals surface area contributed by atoms with E-state index < -0.39 is 5.41 Å². The third-order valence-electron chi connectivity index (χ3n) is 5.97. The van der Waals surface area contributed by atoms with Crippen LogP contribution in [0.3, 0.4) is 0 Å². The minimum absolute atomic E-state index is 0.168. The van der Waals surface area contributed by atoms with Crippen molar-refractivity contribution >= 4 is 40.1 Å². The number of nitrogens with zero attached hydrogens (tertiary/aromatic N) is 2. The lowest BCUT2D eigenvalue weighted by Gasteiger charge is -2.17. The number of benzene rings is 2. The number of nitrogens with two attached hydrogens (primary N) is 1. The van der Waals surface area contributed by atoms with Gasteiger partial charge in [0.2, 0.25) is 0 Å². The number of anilines is 1. The Labute approximate surface area is 233 Å².